The Balaban J connectivity index is 1.42. The first-order chi connectivity index (χ1) is 11.3. The molecule has 1 aliphatic carbocycles. The first kappa shape index (κ1) is 15.5. The molecule has 0 amide bonds. The largest absolute Gasteiger partial charge is 0.377 e. The highest BCUT2D eigenvalue weighted by atomic mass is 16.5. The number of morpholine rings is 1. The topological polar surface area (TPSA) is 37.8 Å². The summed E-state index contributed by atoms with van der Waals surface area (Å²) in [5, 5.41) is 0. The summed E-state index contributed by atoms with van der Waals surface area (Å²) in [6.45, 7) is 8.54. The van der Waals surface area contributed by atoms with Crippen molar-refractivity contribution in [1.82, 2.24) is 14.8 Å². The maximum absolute atomic E-state index is 6.27. The highest BCUT2D eigenvalue weighted by Crippen LogP contribution is 2.32. The SMILES string of the molecule is c1cc(CN2CCOC[C@]3(C2)CN(CC2CC2)CCO3)ccn1. The molecule has 3 aliphatic rings. The van der Waals surface area contributed by atoms with E-state index < -0.39 is 0 Å². The lowest BCUT2D eigenvalue weighted by molar-refractivity contribution is -0.142. The lowest BCUT2D eigenvalue weighted by atomic mass is 10.0. The first-order valence-electron chi connectivity index (χ1n) is 8.87. The number of pyridine rings is 1. The van der Waals surface area contributed by atoms with Crippen LogP contribution in [0.25, 0.3) is 0 Å². The maximum atomic E-state index is 6.27. The number of hydrogen-bond acceptors (Lipinski definition) is 5. The van der Waals surface area contributed by atoms with Crippen molar-refractivity contribution in [3.05, 3.63) is 30.1 Å². The fraction of sp³-hybridized carbons (Fsp3) is 0.722. The summed E-state index contributed by atoms with van der Waals surface area (Å²) >= 11 is 0. The van der Waals surface area contributed by atoms with Gasteiger partial charge in [0.1, 0.15) is 5.60 Å². The minimum Gasteiger partial charge on any atom is -0.377 e. The van der Waals surface area contributed by atoms with Gasteiger partial charge in [0.25, 0.3) is 0 Å². The second-order valence-corrected chi connectivity index (χ2v) is 7.33. The van der Waals surface area contributed by atoms with E-state index in [0.29, 0.717) is 0 Å². The van der Waals surface area contributed by atoms with Crippen molar-refractivity contribution < 1.29 is 9.47 Å². The number of nitrogens with zero attached hydrogens (tertiary/aromatic N) is 3. The lowest BCUT2D eigenvalue weighted by Gasteiger charge is -2.43. The molecule has 3 heterocycles. The Morgan fingerprint density at radius 2 is 1.87 bits per heavy atom. The van der Waals surface area contributed by atoms with Crippen molar-refractivity contribution in [2.75, 3.05) is 52.5 Å². The minimum atomic E-state index is -0.156. The minimum absolute atomic E-state index is 0.156. The molecule has 0 aromatic carbocycles. The van der Waals surface area contributed by atoms with Crippen LogP contribution >= 0.6 is 0 Å². The summed E-state index contributed by atoms with van der Waals surface area (Å²) < 4.78 is 12.2. The molecule has 5 nitrogen and oxygen atoms in total. The van der Waals surface area contributed by atoms with Gasteiger partial charge in [0.05, 0.1) is 19.8 Å². The average molecular weight is 317 g/mol. The zero-order valence-corrected chi connectivity index (χ0v) is 13.8. The molecule has 3 fully saturated rings. The number of rotatable bonds is 4. The van der Waals surface area contributed by atoms with Gasteiger partial charge in [-0.2, -0.15) is 0 Å². The van der Waals surface area contributed by atoms with E-state index in [-0.39, 0.29) is 5.60 Å². The Kier molecular flexibility index (Phi) is 4.62. The molecule has 126 valence electrons. The molecule has 4 rings (SSSR count). The molecule has 0 bridgehead atoms. The Morgan fingerprint density at radius 1 is 1.09 bits per heavy atom. The monoisotopic (exact) mass is 317 g/mol. The summed E-state index contributed by atoms with van der Waals surface area (Å²) in [5.41, 5.74) is 1.15. The van der Waals surface area contributed by atoms with E-state index in [1.165, 1.54) is 24.9 Å². The van der Waals surface area contributed by atoms with Gasteiger partial charge in [-0.25, -0.2) is 0 Å². The van der Waals surface area contributed by atoms with Gasteiger partial charge >= 0.3 is 0 Å². The fourth-order valence-electron chi connectivity index (χ4n) is 3.79. The molecule has 1 spiro atoms. The first-order valence-corrected chi connectivity index (χ1v) is 8.87. The molecule has 1 atom stereocenters. The van der Waals surface area contributed by atoms with E-state index in [9.17, 15) is 0 Å². The Morgan fingerprint density at radius 3 is 2.70 bits per heavy atom. The van der Waals surface area contributed by atoms with Crippen LogP contribution in [0.2, 0.25) is 0 Å². The van der Waals surface area contributed by atoms with Crippen LogP contribution < -0.4 is 0 Å². The van der Waals surface area contributed by atoms with Gasteiger partial charge in [0, 0.05) is 51.7 Å². The predicted molar refractivity (Wildman–Crippen MR) is 88.2 cm³/mol. The molecule has 23 heavy (non-hydrogen) atoms. The second-order valence-electron chi connectivity index (χ2n) is 7.33. The van der Waals surface area contributed by atoms with Crippen LogP contribution in [-0.2, 0) is 16.0 Å². The third kappa shape index (κ3) is 4.10. The molecule has 0 unspecified atom stereocenters. The Bertz CT molecular complexity index is 508. The molecule has 1 aromatic heterocycles. The van der Waals surface area contributed by atoms with E-state index in [4.69, 9.17) is 9.47 Å². The van der Waals surface area contributed by atoms with E-state index >= 15 is 0 Å². The lowest BCUT2D eigenvalue weighted by Crippen LogP contribution is -2.58. The average Bonchev–Trinajstić information content (AvgIpc) is 3.38. The van der Waals surface area contributed by atoms with Crippen molar-refractivity contribution in [3.63, 3.8) is 0 Å². The smallest absolute Gasteiger partial charge is 0.117 e. The van der Waals surface area contributed by atoms with Crippen LogP contribution in [0.3, 0.4) is 0 Å². The van der Waals surface area contributed by atoms with Crippen LogP contribution in [0.1, 0.15) is 18.4 Å². The van der Waals surface area contributed by atoms with Gasteiger partial charge in [-0.1, -0.05) is 0 Å². The van der Waals surface area contributed by atoms with Gasteiger partial charge in [-0.05, 0) is 36.5 Å². The van der Waals surface area contributed by atoms with Crippen LogP contribution in [0.4, 0.5) is 0 Å². The number of hydrogen-bond donors (Lipinski definition) is 0. The normalized spacial score (nSPS) is 30.4. The third-order valence-electron chi connectivity index (χ3n) is 5.13. The standard InChI is InChI=1S/C18H27N3O2/c1-2-16(1)11-21-8-10-23-18(14-21)13-20(7-9-22-15-18)12-17-3-5-19-6-4-17/h3-6,16H,1-2,7-15H2/t18-/m0/s1. The van der Waals surface area contributed by atoms with E-state index in [0.717, 1.165) is 58.5 Å². The highest BCUT2D eigenvalue weighted by molar-refractivity contribution is 5.10. The summed E-state index contributed by atoms with van der Waals surface area (Å²) in [4.78, 5) is 9.18. The molecule has 2 aliphatic heterocycles. The van der Waals surface area contributed by atoms with Crippen LogP contribution in [0, 0.1) is 5.92 Å². The molecule has 0 N–H and O–H groups in total. The van der Waals surface area contributed by atoms with E-state index in [2.05, 4.69) is 26.9 Å². The maximum Gasteiger partial charge on any atom is 0.117 e. The van der Waals surface area contributed by atoms with Crippen molar-refractivity contribution in [1.29, 1.82) is 0 Å². The van der Waals surface area contributed by atoms with Crippen molar-refractivity contribution in [2.24, 2.45) is 5.92 Å². The predicted octanol–water partition coefficient (Wildman–Crippen LogP) is 1.39. The van der Waals surface area contributed by atoms with Gasteiger partial charge in [-0.15, -0.1) is 0 Å². The van der Waals surface area contributed by atoms with Crippen LogP contribution in [-0.4, -0.2) is 72.9 Å². The summed E-state index contributed by atoms with van der Waals surface area (Å²) in [6, 6.07) is 4.19. The molecule has 2 saturated heterocycles. The van der Waals surface area contributed by atoms with Gasteiger partial charge in [-0.3, -0.25) is 14.8 Å². The fourth-order valence-corrected chi connectivity index (χ4v) is 3.79. The summed E-state index contributed by atoms with van der Waals surface area (Å²) in [6.07, 6.45) is 6.56. The molecule has 5 heteroatoms. The summed E-state index contributed by atoms with van der Waals surface area (Å²) in [7, 11) is 0. The third-order valence-corrected chi connectivity index (χ3v) is 5.13. The molecule has 0 radical (unpaired) electrons. The van der Waals surface area contributed by atoms with Gasteiger partial charge in [0.15, 0.2) is 0 Å². The molecule has 1 aromatic rings. The van der Waals surface area contributed by atoms with Gasteiger partial charge < -0.3 is 9.47 Å². The quantitative estimate of drug-likeness (QED) is 0.839. The summed E-state index contributed by atoms with van der Waals surface area (Å²) in [5.74, 6) is 0.935. The van der Waals surface area contributed by atoms with Crippen molar-refractivity contribution in [2.45, 2.75) is 25.0 Å². The zero-order valence-electron chi connectivity index (χ0n) is 13.8. The Labute approximate surface area is 138 Å². The van der Waals surface area contributed by atoms with Crippen molar-refractivity contribution >= 4 is 0 Å². The van der Waals surface area contributed by atoms with Gasteiger partial charge in [0.2, 0.25) is 0 Å². The highest BCUT2D eigenvalue weighted by Gasteiger charge is 2.41. The number of ether oxygens (including phenoxy) is 2. The van der Waals surface area contributed by atoms with Crippen LogP contribution in [0.5, 0.6) is 0 Å². The molecule has 1 saturated carbocycles. The molecular weight excluding hydrogens is 290 g/mol. The van der Waals surface area contributed by atoms with E-state index in [1.54, 1.807) is 0 Å². The zero-order chi connectivity index (χ0) is 15.5. The Hall–Kier alpha value is -1.01. The molecular formula is C18H27N3O2. The van der Waals surface area contributed by atoms with E-state index in [1.807, 2.05) is 12.4 Å². The second kappa shape index (κ2) is 6.85. The number of aromatic nitrogens is 1. The van der Waals surface area contributed by atoms with Crippen molar-refractivity contribution in [3.8, 4) is 0 Å². The van der Waals surface area contributed by atoms with Crippen LogP contribution in [0.15, 0.2) is 24.5 Å².